The van der Waals surface area contributed by atoms with Crippen LogP contribution in [0.1, 0.15) is 16.7 Å². The summed E-state index contributed by atoms with van der Waals surface area (Å²) in [6, 6.07) is 13.6. The fourth-order valence-electron chi connectivity index (χ4n) is 2.21. The number of benzene rings is 2. The number of thiazole rings is 1. The zero-order valence-corrected chi connectivity index (χ0v) is 15.1. The average molecular weight is 373 g/mol. The highest BCUT2D eigenvalue weighted by Gasteiger charge is 2.04. The number of nitrogens with one attached hydrogen (secondary N) is 1. The Morgan fingerprint density at radius 1 is 1.32 bits per heavy atom. The van der Waals surface area contributed by atoms with Gasteiger partial charge in [0.1, 0.15) is 18.2 Å². The normalized spacial score (nSPS) is 11.0. The van der Waals surface area contributed by atoms with Crippen LogP contribution in [0.3, 0.4) is 0 Å². The minimum atomic E-state index is 0.465. The Kier molecular flexibility index (Phi) is 5.53. The van der Waals surface area contributed by atoms with Crippen molar-refractivity contribution in [1.82, 2.24) is 4.98 Å². The van der Waals surface area contributed by atoms with E-state index in [1.165, 1.54) is 16.9 Å². The first-order valence-corrected chi connectivity index (χ1v) is 8.84. The molecule has 2 aromatic carbocycles. The van der Waals surface area contributed by atoms with Crippen molar-refractivity contribution in [3.05, 3.63) is 69.6 Å². The summed E-state index contributed by atoms with van der Waals surface area (Å²) in [6.45, 7) is 2.53. The molecule has 0 atom stereocenters. The predicted molar refractivity (Wildman–Crippen MR) is 105 cm³/mol. The van der Waals surface area contributed by atoms with Gasteiger partial charge in [0.15, 0.2) is 0 Å². The summed E-state index contributed by atoms with van der Waals surface area (Å²) < 4.78 is 5.93. The van der Waals surface area contributed by atoms with Crippen molar-refractivity contribution < 1.29 is 4.74 Å². The SMILES string of the molecule is Cc1cccc(COc2ccc(Cl)cc2C=NNc2nc(N)cs2)c1. The van der Waals surface area contributed by atoms with Crippen LogP contribution in [0.15, 0.2) is 52.9 Å². The standard InChI is InChI=1S/C18H17ClN4OS/c1-12-3-2-4-13(7-12)10-24-16-6-5-15(19)8-14(16)9-21-23-18-22-17(20)11-25-18/h2-9,11H,10,20H2,1H3,(H,22,23). The lowest BCUT2D eigenvalue weighted by molar-refractivity contribution is 0.305. The van der Waals surface area contributed by atoms with Gasteiger partial charge in [-0.2, -0.15) is 5.10 Å². The molecule has 3 N–H and O–H groups in total. The van der Waals surface area contributed by atoms with Gasteiger partial charge in [-0.15, -0.1) is 11.3 Å². The largest absolute Gasteiger partial charge is 0.488 e. The minimum Gasteiger partial charge on any atom is -0.488 e. The van der Waals surface area contributed by atoms with Crippen molar-refractivity contribution in [1.29, 1.82) is 0 Å². The van der Waals surface area contributed by atoms with Crippen molar-refractivity contribution in [2.45, 2.75) is 13.5 Å². The number of hydrazone groups is 1. The van der Waals surface area contributed by atoms with E-state index in [1.54, 1.807) is 23.7 Å². The highest BCUT2D eigenvalue weighted by molar-refractivity contribution is 7.14. The molecule has 3 aromatic rings. The minimum absolute atomic E-state index is 0.465. The highest BCUT2D eigenvalue weighted by Crippen LogP contribution is 2.23. The number of halogens is 1. The summed E-state index contributed by atoms with van der Waals surface area (Å²) in [7, 11) is 0. The zero-order valence-electron chi connectivity index (χ0n) is 13.6. The third-order valence-corrected chi connectivity index (χ3v) is 4.33. The van der Waals surface area contributed by atoms with E-state index in [4.69, 9.17) is 22.1 Å². The molecule has 0 fully saturated rings. The number of nitrogens with two attached hydrogens (primary N) is 1. The van der Waals surface area contributed by atoms with Crippen LogP contribution >= 0.6 is 22.9 Å². The van der Waals surface area contributed by atoms with Crippen molar-refractivity contribution >= 4 is 40.1 Å². The summed E-state index contributed by atoms with van der Waals surface area (Å²) in [5.41, 5.74) is 11.5. The van der Waals surface area contributed by atoms with Gasteiger partial charge >= 0.3 is 0 Å². The third kappa shape index (κ3) is 4.95. The first-order valence-electron chi connectivity index (χ1n) is 7.58. The smallest absolute Gasteiger partial charge is 0.205 e. The molecule has 0 aliphatic rings. The summed E-state index contributed by atoms with van der Waals surface area (Å²) in [5, 5.41) is 7.16. The number of aromatic nitrogens is 1. The molecule has 7 heteroatoms. The second kappa shape index (κ2) is 8.00. The number of nitrogens with zero attached hydrogens (tertiary/aromatic N) is 2. The van der Waals surface area contributed by atoms with Crippen molar-refractivity contribution in [3.63, 3.8) is 0 Å². The van der Waals surface area contributed by atoms with Gasteiger partial charge in [0.05, 0.1) is 6.21 Å². The van der Waals surface area contributed by atoms with Crippen molar-refractivity contribution in [3.8, 4) is 5.75 Å². The molecular formula is C18H17ClN4OS. The lowest BCUT2D eigenvalue weighted by Crippen LogP contribution is -1.99. The van der Waals surface area contributed by atoms with Gasteiger partial charge in [-0.1, -0.05) is 41.4 Å². The summed E-state index contributed by atoms with van der Waals surface area (Å²) in [5.74, 6) is 1.17. The third-order valence-electron chi connectivity index (χ3n) is 3.33. The summed E-state index contributed by atoms with van der Waals surface area (Å²) >= 11 is 7.47. The summed E-state index contributed by atoms with van der Waals surface area (Å²) in [4.78, 5) is 4.08. The maximum Gasteiger partial charge on any atom is 0.205 e. The van der Waals surface area contributed by atoms with E-state index in [2.05, 4.69) is 34.6 Å². The van der Waals surface area contributed by atoms with Crippen molar-refractivity contribution in [2.24, 2.45) is 5.10 Å². The number of aryl methyl sites for hydroxylation is 1. The fourth-order valence-corrected chi connectivity index (χ4v) is 2.94. The molecule has 0 aliphatic carbocycles. The number of ether oxygens (including phenoxy) is 1. The van der Waals surface area contributed by atoms with Crippen LogP contribution in [0.2, 0.25) is 5.02 Å². The molecule has 0 radical (unpaired) electrons. The average Bonchev–Trinajstić information content (AvgIpc) is 2.99. The van der Waals surface area contributed by atoms with Crippen LogP contribution in [0.4, 0.5) is 10.9 Å². The van der Waals surface area contributed by atoms with Gasteiger partial charge in [0, 0.05) is 16.0 Å². The molecule has 0 unspecified atom stereocenters. The van der Waals surface area contributed by atoms with Crippen LogP contribution in [-0.2, 0) is 6.61 Å². The van der Waals surface area contributed by atoms with E-state index in [0.717, 1.165) is 11.1 Å². The molecule has 0 saturated heterocycles. The lowest BCUT2D eigenvalue weighted by atomic mass is 10.1. The van der Waals surface area contributed by atoms with E-state index in [1.807, 2.05) is 18.2 Å². The van der Waals surface area contributed by atoms with Crippen LogP contribution in [0.5, 0.6) is 5.75 Å². The number of nitrogen functional groups attached to an aromatic ring is 1. The Morgan fingerprint density at radius 2 is 2.20 bits per heavy atom. The quantitative estimate of drug-likeness (QED) is 0.485. The first kappa shape index (κ1) is 17.3. The molecule has 3 rings (SSSR count). The van der Waals surface area contributed by atoms with Gasteiger partial charge in [-0.05, 0) is 30.7 Å². The maximum absolute atomic E-state index is 6.09. The molecule has 5 nitrogen and oxygen atoms in total. The van der Waals surface area contributed by atoms with E-state index in [0.29, 0.717) is 28.3 Å². The topological polar surface area (TPSA) is 72.5 Å². The van der Waals surface area contributed by atoms with Gasteiger partial charge in [0.25, 0.3) is 0 Å². The Hall–Kier alpha value is -2.57. The van der Waals surface area contributed by atoms with Crippen LogP contribution in [0, 0.1) is 6.92 Å². The van der Waals surface area contributed by atoms with Crippen LogP contribution in [-0.4, -0.2) is 11.2 Å². The Morgan fingerprint density at radius 3 is 2.96 bits per heavy atom. The monoisotopic (exact) mass is 372 g/mol. The molecule has 0 amide bonds. The molecule has 0 spiro atoms. The molecule has 1 aromatic heterocycles. The van der Waals surface area contributed by atoms with Crippen molar-refractivity contribution in [2.75, 3.05) is 11.2 Å². The number of rotatable bonds is 6. The lowest BCUT2D eigenvalue weighted by Gasteiger charge is -2.10. The molecule has 0 saturated carbocycles. The number of hydrogen-bond donors (Lipinski definition) is 2. The Balaban J connectivity index is 1.71. The molecule has 1 heterocycles. The van der Waals surface area contributed by atoms with Gasteiger partial charge in [-0.3, -0.25) is 5.43 Å². The van der Waals surface area contributed by atoms with Crippen LogP contribution < -0.4 is 15.9 Å². The first-order chi connectivity index (χ1) is 12.1. The Bertz CT molecular complexity index is 894. The molecule has 128 valence electrons. The molecule has 25 heavy (non-hydrogen) atoms. The van der Waals surface area contributed by atoms with Crippen LogP contribution in [0.25, 0.3) is 0 Å². The predicted octanol–water partition coefficient (Wildman–Crippen LogP) is 4.71. The molecule has 0 aliphatic heterocycles. The molecule has 0 bridgehead atoms. The number of hydrogen-bond acceptors (Lipinski definition) is 6. The maximum atomic E-state index is 6.09. The second-order valence-electron chi connectivity index (χ2n) is 5.41. The van der Waals surface area contributed by atoms with Gasteiger partial charge < -0.3 is 10.5 Å². The highest BCUT2D eigenvalue weighted by atomic mass is 35.5. The van der Waals surface area contributed by atoms with E-state index in [9.17, 15) is 0 Å². The van der Waals surface area contributed by atoms with E-state index < -0.39 is 0 Å². The fraction of sp³-hybridized carbons (Fsp3) is 0.111. The van der Waals surface area contributed by atoms with Gasteiger partial charge in [-0.25, -0.2) is 4.98 Å². The summed E-state index contributed by atoms with van der Waals surface area (Å²) in [6.07, 6.45) is 1.65. The number of anilines is 2. The molecular weight excluding hydrogens is 356 g/mol. The second-order valence-corrected chi connectivity index (χ2v) is 6.70. The van der Waals surface area contributed by atoms with Gasteiger partial charge in [0.2, 0.25) is 5.13 Å². The van der Waals surface area contributed by atoms with E-state index >= 15 is 0 Å². The zero-order chi connectivity index (χ0) is 17.6. The van der Waals surface area contributed by atoms with E-state index in [-0.39, 0.29) is 0 Å². The Labute approximate surface area is 155 Å².